The van der Waals surface area contributed by atoms with E-state index in [0.717, 1.165) is 12.8 Å². The van der Waals surface area contributed by atoms with Gasteiger partial charge in [-0.3, -0.25) is 4.79 Å². The minimum Gasteiger partial charge on any atom is -0.365 e. The predicted octanol–water partition coefficient (Wildman–Crippen LogP) is 1.04. The van der Waals surface area contributed by atoms with Crippen LogP contribution in [0.25, 0.3) is 0 Å². The predicted molar refractivity (Wildman–Crippen MR) is 50.9 cm³/mol. The highest BCUT2D eigenvalue weighted by Gasteiger charge is 2.37. The van der Waals surface area contributed by atoms with Crippen molar-refractivity contribution in [2.75, 3.05) is 5.32 Å². The minimum atomic E-state index is -0.0979. The van der Waals surface area contributed by atoms with Crippen LogP contribution >= 0.6 is 0 Å². The van der Waals surface area contributed by atoms with Crippen molar-refractivity contribution in [3.05, 3.63) is 22.2 Å². The Labute approximate surface area is 76.4 Å². The number of anilines is 1. The minimum absolute atomic E-state index is 0.0979. The van der Waals surface area contributed by atoms with Crippen LogP contribution in [0.15, 0.2) is 10.9 Å². The molecular formula is C9H13N3O. The molecule has 1 fully saturated rings. The van der Waals surface area contributed by atoms with Crippen molar-refractivity contribution < 1.29 is 0 Å². The van der Waals surface area contributed by atoms with Crippen molar-refractivity contribution in [2.24, 2.45) is 0 Å². The molecule has 0 unspecified atom stereocenters. The molecule has 2 N–H and O–H groups in total. The molecule has 1 aromatic rings. The van der Waals surface area contributed by atoms with Crippen LogP contribution in [0.3, 0.4) is 0 Å². The summed E-state index contributed by atoms with van der Waals surface area (Å²) in [5.41, 5.74) is 0.0759. The van der Waals surface area contributed by atoms with Crippen molar-refractivity contribution in [1.29, 1.82) is 0 Å². The molecule has 1 heterocycles. The van der Waals surface area contributed by atoms with E-state index in [1.54, 1.807) is 6.92 Å². The van der Waals surface area contributed by atoms with Crippen molar-refractivity contribution in [2.45, 2.75) is 32.2 Å². The SMILES string of the molecule is Cc1nc(NC2(C)CC2)cc(=O)[nH]1. The van der Waals surface area contributed by atoms with E-state index < -0.39 is 0 Å². The van der Waals surface area contributed by atoms with Gasteiger partial charge in [0, 0.05) is 11.6 Å². The van der Waals surface area contributed by atoms with Gasteiger partial charge in [0.05, 0.1) is 0 Å². The molecular weight excluding hydrogens is 166 g/mol. The van der Waals surface area contributed by atoms with E-state index in [-0.39, 0.29) is 11.1 Å². The van der Waals surface area contributed by atoms with E-state index in [0.29, 0.717) is 11.6 Å². The molecule has 0 spiro atoms. The third-order valence-electron chi connectivity index (χ3n) is 2.29. The third-order valence-corrected chi connectivity index (χ3v) is 2.29. The highest BCUT2D eigenvalue weighted by molar-refractivity contribution is 5.38. The summed E-state index contributed by atoms with van der Waals surface area (Å²) >= 11 is 0. The molecule has 0 aliphatic heterocycles. The van der Waals surface area contributed by atoms with Crippen LogP contribution in [0.1, 0.15) is 25.6 Å². The highest BCUT2D eigenvalue weighted by atomic mass is 16.1. The number of aryl methyl sites for hydroxylation is 1. The van der Waals surface area contributed by atoms with Crippen molar-refractivity contribution in [3.63, 3.8) is 0 Å². The molecule has 0 radical (unpaired) electrons. The Bertz CT molecular complexity index is 379. The summed E-state index contributed by atoms with van der Waals surface area (Å²) in [5, 5.41) is 3.24. The van der Waals surface area contributed by atoms with Gasteiger partial charge in [0.1, 0.15) is 11.6 Å². The molecule has 4 nitrogen and oxygen atoms in total. The normalized spacial score (nSPS) is 18.3. The van der Waals surface area contributed by atoms with E-state index in [4.69, 9.17) is 0 Å². The number of aromatic amines is 1. The summed E-state index contributed by atoms with van der Waals surface area (Å²) in [4.78, 5) is 17.9. The molecule has 0 aromatic carbocycles. The van der Waals surface area contributed by atoms with Crippen molar-refractivity contribution in [3.8, 4) is 0 Å². The summed E-state index contributed by atoms with van der Waals surface area (Å²) in [5.74, 6) is 1.33. The summed E-state index contributed by atoms with van der Waals surface area (Å²) in [6, 6.07) is 1.50. The zero-order valence-electron chi connectivity index (χ0n) is 7.85. The van der Waals surface area contributed by atoms with E-state index >= 15 is 0 Å². The van der Waals surface area contributed by atoms with Gasteiger partial charge in [-0.05, 0) is 26.7 Å². The second kappa shape index (κ2) is 2.58. The first-order valence-electron chi connectivity index (χ1n) is 4.44. The van der Waals surface area contributed by atoms with Crippen LogP contribution in [0.4, 0.5) is 5.82 Å². The lowest BCUT2D eigenvalue weighted by Gasteiger charge is -2.11. The van der Waals surface area contributed by atoms with E-state index in [2.05, 4.69) is 22.2 Å². The molecule has 1 aliphatic carbocycles. The monoisotopic (exact) mass is 179 g/mol. The maximum absolute atomic E-state index is 11.1. The number of rotatable bonds is 2. The number of aromatic nitrogens is 2. The van der Waals surface area contributed by atoms with Crippen LogP contribution < -0.4 is 10.9 Å². The summed E-state index contributed by atoms with van der Waals surface area (Å²) in [6.07, 6.45) is 2.31. The Morgan fingerprint density at radius 2 is 2.31 bits per heavy atom. The second-order valence-corrected chi connectivity index (χ2v) is 3.90. The third kappa shape index (κ3) is 1.88. The quantitative estimate of drug-likeness (QED) is 0.713. The van der Waals surface area contributed by atoms with Crippen LogP contribution in [-0.4, -0.2) is 15.5 Å². The molecule has 4 heteroatoms. The van der Waals surface area contributed by atoms with Crippen LogP contribution in [0.5, 0.6) is 0 Å². The molecule has 0 saturated heterocycles. The van der Waals surface area contributed by atoms with Gasteiger partial charge in [0.2, 0.25) is 0 Å². The Morgan fingerprint density at radius 3 is 2.85 bits per heavy atom. The van der Waals surface area contributed by atoms with Crippen LogP contribution in [0, 0.1) is 6.92 Å². The number of nitrogens with zero attached hydrogens (tertiary/aromatic N) is 1. The van der Waals surface area contributed by atoms with Gasteiger partial charge >= 0.3 is 0 Å². The lowest BCUT2D eigenvalue weighted by atomic mass is 10.3. The molecule has 70 valence electrons. The Kier molecular flexibility index (Phi) is 1.65. The van der Waals surface area contributed by atoms with E-state index in [9.17, 15) is 4.79 Å². The van der Waals surface area contributed by atoms with Crippen molar-refractivity contribution >= 4 is 5.82 Å². The maximum Gasteiger partial charge on any atom is 0.252 e. The van der Waals surface area contributed by atoms with E-state index in [1.165, 1.54) is 6.07 Å². The number of H-pyrrole nitrogens is 1. The topological polar surface area (TPSA) is 57.8 Å². The standard InChI is InChI=1S/C9H13N3O/c1-6-10-7(5-8(13)11-6)12-9(2)3-4-9/h5H,3-4H2,1-2H3,(H2,10,11,12,13). The molecule has 1 aromatic heterocycles. The van der Waals surface area contributed by atoms with Crippen LogP contribution in [-0.2, 0) is 0 Å². The second-order valence-electron chi connectivity index (χ2n) is 3.90. The number of nitrogens with one attached hydrogen (secondary N) is 2. The molecule has 13 heavy (non-hydrogen) atoms. The average Bonchev–Trinajstić information content (AvgIpc) is 2.64. The number of hydrogen-bond donors (Lipinski definition) is 2. The zero-order valence-corrected chi connectivity index (χ0v) is 7.85. The Balaban J connectivity index is 2.25. The zero-order chi connectivity index (χ0) is 9.47. The fraction of sp³-hybridized carbons (Fsp3) is 0.556. The lowest BCUT2D eigenvalue weighted by Crippen LogP contribution is -2.20. The van der Waals surface area contributed by atoms with Gasteiger partial charge in [0.15, 0.2) is 0 Å². The first-order valence-corrected chi connectivity index (χ1v) is 4.44. The fourth-order valence-corrected chi connectivity index (χ4v) is 1.27. The lowest BCUT2D eigenvalue weighted by molar-refractivity contribution is 0.814. The Morgan fingerprint density at radius 1 is 1.62 bits per heavy atom. The number of hydrogen-bond acceptors (Lipinski definition) is 3. The van der Waals surface area contributed by atoms with Crippen LogP contribution in [0.2, 0.25) is 0 Å². The summed E-state index contributed by atoms with van der Waals surface area (Å²) in [7, 11) is 0. The smallest absolute Gasteiger partial charge is 0.252 e. The molecule has 2 rings (SSSR count). The maximum atomic E-state index is 11.1. The highest BCUT2D eigenvalue weighted by Crippen LogP contribution is 2.37. The van der Waals surface area contributed by atoms with Gasteiger partial charge in [-0.2, -0.15) is 0 Å². The van der Waals surface area contributed by atoms with Gasteiger partial charge in [-0.1, -0.05) is 0 Å². The molecule has 0 atom stereocenters. The Hall–Kier alpha value is -1.32. The van der Waals surface area contributed by atoms with Crippen molar-refractivity contribution in [1.82, 2.24) is 9.97 Å². The van der Waals surface area contributed by atoms with Gasteiger partial charge < -0.3 is 10.3 Å². The molecule has 0 bridgehead atoms. The van der Waals surface area contributed by atoms with Gasteiger partial charge in [0.25, 0.3) is 5.56 Å². The summed E-state index contributed by atoms with van der Waals surface area (Å²) in [6.45, 7) is 3.91. The fourth-order valence-electron chi connectivity index (χ4n) is 1.27. The average molecular weight is 179 g/mol. The largest absolute Gasteiger partial charge is 0.365 e. The van der Waals surface area contributed by atoms with Gasteiger partial charge in [-0.25, -0.2) is 4.98 Å². The molecule has 1 saturated carbocycles. The van der Waals surface area contributed by atoms with E-state index in [1.807, 2.05) is 0 Å². The van der Waals surface area contributed by atoms with Gasteiger partial charge in [-0.15, -0.1) is 0 Å². The first-order chi connectivity index (χ1) is 6.07. The summed E-state index contributed by atoms with van der Waals surface area (Å²) < 4.78 is 0. The first kappa shape index (κ1) is 8.29. The molecule has 1 aliphatic rings. The molecule has 0 amide bonds.